The molecule has 80 valence electrons. The summed E-state index contributed by atoms with van der Waals surface area (Å²) in [5.41, 5.74) is 0.411. The number of hydrogen-bond acceptors (Lipinski definition) is 1. The first-order valence-electron chi connectivity index (χ1n) is 5.71. The number of rotatable bonds is 1. The zero-order valence-electron chi connectivity index (χ0n) is 9.95. The molecule has 0 aromatic carbocycles. The summed E-state index contributed by atoms with van der Waals surface area (Å²) in [7, 11) is 1.87. The van der Waals surface area contributed by atoms with Crippen LogP contribution in [0.4, 0.5) is 0 Å². The summed E-state index contributed by atoms with van der Waals surface area (Å²) < 4.78 is 5.70. The van der Waals surface area contributed by atoms with Crippen molar-refractivity contribution in [2.75, 3.05) is 7.11 Å². The van der Waals surface area contributed by atoms with Crippen molar-refractivity contribution in [3.63, 3.8) is 0 Å². The van der Waals surface area contributed by atoms with E-state index in [1.807, 2.05) is 7.11 Å². The van der Waals surface area contributed by atoms with E-state index in [2.05, 4.69) is 39.8 Å². The van der Waals surface area contributed by atoms with E-state index in [0.717, 1.165) is 0 Å². The van der Waals surface area contributed by atoms with Gasteiger partial charge in [-0.15, -0.1) is 0 Å². The van der Waals surface area contributed by atoms with Gasteiger partial charge in [0.2, 0.25) is 0 Å². The zero-order chi connectivity index (χ0) is 10.5. The molecule has 1 saturated carbocycles. The summed E-state index contributed by atoms with van der Waals surface area (Å²) in [5, 5.41) is 0. The topological polar surface area (TPSA) is 9.23 Å². The molecule has 0 aliphatic heterocycles. The molecule has 0 radical (unpaired) electrons. The Bertz CT molecular complexity index is 254. The second-order valence-corrected chi connectivity index (χ2v) is 5.68. The van der Waals surface area contributed by atoms with E-state index >= 15 is 0 Å². The molecular weight excluding hydrogens is 172 g/mol. The van der Waals surface area contributed by atoms with Crippen molar-refractivity contribution < 1.29 is 4.74 Å². The summed E-state index contributed by atoms with van der Waals surface area (Å²) >= 11 is 0. The third-order valence-electron chi connectivity index (χ3n) is 4.62. The summed E-state index contributed by atoms with van der Waals surface area (Å²) in [4.78, 5) is 0. The maximum Gasteiger partial charge on any atom is 0.0641 e. The van der Waals surface area contributed by atoms with Crippen LogP contribution < -0.4 is 0 Å². The van der Waals surface area contributed by atoms with Crippen LogP contribution >= 0.6 is 0 Å². The lowest BCUT2D eigenvalue weighted by molar-refractivity contribution is 0.0113. The molecule has 0 aromatic rings. The first-order chi connectivity index (χ1) is 6.50. The largest absolute Gasteiger partial charge is 0.381 e. The number of allylic oxidation sites excluding steroid dienone is 2. The molecule has 1 fully saturated rings. The number of hydrogen-bond donors (Lipinski definition) is 0. The Hall–Kier alpha value is -0.300. The highest BCUT2D eigenvalue weighted by Crippen LogP contribution is 2.57. The predicted molar refractivity (Wildman–Crippen MR) is 59.0 cm³/mol. The lowest BCUT2D eigenvalue weighted by Gasteiger charge is -2.39. The van der Waals surface area contributed by atoms with E-state index in [9.17, 15) is 0 Å². The molecule has 0 saturated heterocycles. The van der Waals surface area contributed by atoms with Gasteiger partial charge in [-0.1, -0.05) is 39.8 Å². The maximum atomic E-state index is 5.70. The molecule has 0 N–H and O–H groups in total. The van der Waals surface area contributed by atoms with Crippen LogP contribution in [0.25, 0.3) is 0 Å². The van der Waals surface area contributed by atoms with Crippen LogP contribution in [0.2, 0.25) is 0 Å². The monoisotopic (exact) mass is 194 g/mol. The van der Waals surface area contributed by atoms with Gasteiger partial charge in [0.1, 0.15) is 0 Å². The number of fused-ring (bicyclic) bond motifs is 2. The lowest BCUT2D eigenvalue weighted by atomic mass is 9.66. The van der Waals surface area contributed by atoms with Crippen LogP contribution in [0.3, 0.4) is 0 Å². The van der Waals surface area contributed by atoms with E-state index in [-0.39, 0.29) is 0 Å². The fourth-order valence-electron chi connectivity index (χ4n) is 4.03. The quantitative estimate of drug-likeness (QED) is 0.583. The average molecular weight is 194 g/mol. The van der Waals surface area contributed by atoms with Crippen molar-refractivity contribution in [2.45, 2.75) is 33.8 Å². The fourth-order valence-corrected chi connectivity index (χ4v) is 4.03. The van der Waals surface area contributed by atoms with E-state index in [0.29, 0.717) is 35.2 Å². The standard InChI is InChI=1S/C13H22O/c1-8-6-7-10-9(2)12(14-5)11(8)13(10,3)4/h6-12H,1-5H3/t8?,9?,10?,11-,12?/m1/s1. The van der Waals surface area contributed by atoms with Crippen LogP contribution in [0.5, 0.6) is 0 Å². The van der Waals surface area contributed by atoms with Crippen molar-refractivity contribution in [2.24, 2.45) is 29.1 Å². The Kier molecular flexibility index (Phi) is 2.26. The minimum atomic E-state index is 0.411. The molecule has 4 unspecified atom stereocenters. The van der Waals surface area contributed by atoms with Crippen molar-refractivity contribution in [3.05, 3.63) is 12.2 Å². The Balaban J connectivity index is 2.40. The summed E-state index contributed by atoms with van der Waals surface area (Å²) in [5.74, 6) is 2.73. The Morgan fingerprint density at radius 2 is 1.79 bits per heavy atom. The second-order valence-electron chi connectivity index (χ2n) is 5.68. The van der Waals surface area contributed by atoms with Crippen molar-refractivity contribution in [1.29, 1.82) is 0 Å². The van der Waals surface area contributed by atoms with E-state index in [4.69, 9.17) is 4.74 Å². The molecule has 0 amide bonds. The second kappa shape index (κ2) is 3.10. The first kappa shape index (κ1) is 10.2. The van der Waals surface area contributed by atoms with E-state index in [1.165, 1.54) is 0 Å². The van der Waals surface area contributed by atoms with Gasteiger partial charge in [0.25, 0.3) is 0 Å². The molecule has 0 aromatic heterocycles. The highest BCUT2D eigenvalue weighted by Gasteiger charge is 2.55. The highest BCUT2D eigenvalue weighted by molar-refractivity contribution is 5.17. The fraction of sp³-hybridized carbons (Fsp3) is 0.846. The van der Waals surface area contributed by atoms with Crippen molar-refractivity contribution in [3.8, 4) is 0 Å². The molecule has 2 bridgehead atoms. The predicted octanol–water partition coefficient (Wildman–Crippen LogP) is 3.12. The molecule has 1 heteroatoms. The van der Waals surface area contributed by atoms with Crippen LogP contribution in [0.1, 0.15) is 27.7 Å². The third-order valence-corrected chi connectivity index (χ3v) is 4.62. The van der Waals surface area contributed by atoms with Crippen LogP contribution in [0, 0.1) is 29.1 Å². The molecule has 2 rings (SSSR count). The Labute approximate surface area is 87.5 Å². The zero-order valence-corrected chi connectivity index (χ0v) is 9.95. The van der Waals surface area contributed by atoms with Gasteiger partial charge in [0.15, 0.2) is 0 Å². The molecule has 1 nitrogen and oxygen atoms in total. The van der Waals surface area contributed by atoms with Crippen LogP contribution in [0.15, 0.2) is 12.2 Å². The first-order valence-corrected chi connectivity index (χ1v) is 5.71. The van der Waals surface area contributed by atoms with Gasteiger partial charge in [0.05, 0.1) is 6.10 Å². The van der Waals surface area contributed by atoms with Gasteiger partial charge in [-0.05, 0) is 29.1 Å². The molecular formula is C13H22O. The molecule has 5 atom stereocenters. The van der Waals surface area contributed by atoms with Gasteiger partial charge >= 0.3 is 0 Å². The third kappa shape index (κ3) is 1.11. The molecule has 14 heavy (non-hydrogen) atoms. The maximum absolute atomic E-state index is 5.70. The number of ether oxygens (including phenoxy) is 1. The van der Waals surface area contributed by atoms with Crippen molar-refractivity contribution >= 4 is 0 Å². The molecule has 0 spiro atoms. The van der Waals surface area contributed by atoms with Gasteiger partial charge in [-0.2, -0.15) is 0 Å². The Morgan fingerprint density at radius 3 is 2.36 bits per heavy atom. The summed E-state index contributed by atoms with van der Waals surface area (Å²) in [6, 6.07) is 0. The SMILES string of the molecule is COC1C(C)C2C=CC(C)[C@H]1C2(C)C. The van der Waals surface area contributed by atoms with Gasteiger partial charge < -0.3 is 4.74 Å². The van der Waals surface area contributed by atoms with Crippen LogP contribution in [-0.2, 0) is 4.74 Å². The lowest BCUT2D eigenvalue weighted by Crippen LogP contribution is -2.35. The molecule has 2 aliphatic carbocycles. The normalized spacial score (nSPS) is 49.6. The highest BCUT2D eigenvalue weighted by atomic mass is 16.5. The van der Waals surface area contributed by atoms with Gasteiger partial charge in [0, 0.05) is 7.11 Å². The molecule has 0 heterocycles. The van der Waals surface area contributed by atoms with E-state index in [1.54, 1.807) is 0 Å². The van der Waals surface area contributed by atoms with Crippen molar-refractivity contribution in [1.82, 2.24) is 0 Å². The van der Waals surface area contributed by atoms with E-state index < -0.39 is 0 Å². The number of methoxy groups -OCH3 is 1. The minimum absolute atomic E-state index is 0.411. The minimum Gasteiger partial charge on any atom is -0.381 e. The molecule has 2 aliphatic rings. The van der Waals surface area contributed by atoms with Crippen LogP contribution in [-0.4, -0.2) is 13.2 Å². The summed E-state index contributed by atoms with van der Waals surface area (Å²) in [6.07, 6.45) is 5.25. The summed E-state index contributed by atoms with van der Waals surface area (Å²) in [6.45, 7) is 9.46. The smallest absolute Gasteiger partial charge is 0.0641 e. The van der Waals surface area contributed by atoms with Gasteiger partial charge in [-0.3, -0.25) is 0 Å². The average Bonchev–Trinajstić information content (AvgIpc) is 2.22. The Morgan fingerprint density at radius 1 is 1.14 bits per heavy atom. The van der Waals surface area contributed by atoms with Gasteiger partial charge in [-0.25, -0.2) is 0 Å².